The molecule has 2 aromatic carbocycles. The third kappa shape index (κ3) is 3.24. The Labute approximate surface area is 145 Å². The average Bonchev–Trinajstić information content (AvgIpc) is 2.62. The topological polar surface area (TPSA) is 84.5 Å². The molecule has 2 aromatic rings. The Kier molecular flexibility index (Phi) is 4.52. The van der Waals surface area contributed by atoms with E-state index in [1.165, 1.54) is 7.11 Å². The van der Waals surface area contributed by atoms with Crippen molar-refractivity contribution >= 4 is 29.2 Å². The highest BCUT2D eigenvalue weighted by molar-refractivity contribution is 6.05. The smallest absolute Gasteiger partial charge is 0.338 e. The molecule has 1 aliphatic heterocycles. The number of hydrogen-bond acceptors (Lipinski definition) is 4. The van der Waals surface area contributed by atoms with Crippen LogP contribution in [0.25, 0.3) is 0 Å². The number of ether oxygens (including phenoxy) is 1. The van der Waals surface area contributed by atoms with Gasteiger partial charge in [0.1, 0.15) is 0 Å². The van der Waals surface area contributed by atoms with Crippen molar-refractivity contribution in [3.05, 3.63) is 59.2 Å². The van der Waals surface area contributed by atoms with Gasteiger partial charge in [-0.25, -0.2) is 4.79 Å². The molecule has 1 unspecified atom stereocenters. The average molecular weight is 338 g/mol. The Balaban J connectivity index is 1.89. The van der Waals surface area contributed by atoms with Crippen molar-refractivity contribution in [2.45, 2.75) is 19.3 Å². The molecule has 2 N–H and O–H groups in total. The highest BCUT2D eigenvalue weighted by Crippen LogP contribution is 2.33. The predicted octanol–water partition coefficient (Wildman–Crippen LogP) is 2.85. The molecule has 1 aliphatic rings. The first kappa shape index (κ1) is 16.7. The van der Waals surface area contributed by atoms with Crippen LogP contribution in [0.5, 0.6) is 0 Å². The molecule has 1 heterocycles. The standard InChI is InChI=1S/C19H18N2O4/c1-11-12(19(24)25-2)7-5-9-15(11)21-18(23)14-10-17(22)20-16-8-4-3-6-13(14)16/h3-9,14H,10H2,1-2H3,(H,20,22)(H,21,23). The zero-order valence-electron chi connectivity index (χ0n) is 14.0. The Morgan fingerprint density at radius 3 is 2.68 bits per heavy atom. The molecule has 3 rings (SSSR count). The maximum Gasteiger partial charge on any atom is 0.338 e. The van der Waals surface area contributed by atoms with Crippen molar-refractivity contribution in [3.8, 4) is 0 Å². The lowest BCUT2D eigenvalue weighted by atomic mass is 9.89. The van der Waals surface area contributed by atoms with Gasteiger partial charge in [0.25, 0.3) is 0 Å². The Morgan fingerprint density at radius 2 is 1.92 bits per heavy atom. The Morgan fingerprint density at radius 1 is 1.16 bits per heavy atom. The van der Waals surface area contributed by atoms with E-state index in [0.29, 0.717) is 22.5 Å². The first-order valence-electron chi connectivity index (χ1n) is 7.89. The molecule has 0 bridgehead atoms. The van der Waals surface area contributed by atoms with Crippen LogP contribution >= 0.6 is 0 Å². The minimum Gasteiger partial charge on any atom is -0.465 e. The van der Waals surface area contributed by atoms with Crippen molar-refractivity contribution in [2.75, 3.05) is 17.7 Å². The number of hydrogen-bond donors (Lipinski definition) is 2. The van der Waals surface area contributed by atoms with Gasteiger partial charge in [0.2, 0.25) is 11.8 Å². The number of fused-ring (bicyclic) bond motifs is 1. The number of benzene rings is 2. The second kappa shape index (κ2) is 6.76. The largest absolute Gasteiger partial charge is 0.465 e. The number of methoxy groups -OCH3 is 1. The second-order valence-electron chi connectivity index (χ2n) is 5.85. The number of rotatable bonds is 3. The minimum absolute atomic E-state index is 0.0819. The number of para-hydroxylation sites is 1. The molecule has 0 spiro atoms. The summed E-state index contributed by atoms with van der Waals surface area (Å²) in [6.07, 6.45) is 0.0819. The van der Waals surface area contributed by atoms with Gasteiger partial charge in [0.15, 0.2) is 0 Å². The number of anilines is 2. The van der Waals surface area contributed by atoms with E-state index < -0.39 is 11.9 Å². The molecule has 0 fully saturated rings. The van der Waals surface area contributed by atoms with Gasteiger partial charge in [-0.2, -0.15) is 0 Å². The van der Waals surface area contributed by atoms with Crippen LogP contribution in [-0.2, 0) is 14.3 Å². The molecule has 0 saturated heterocycles. The molecule has 128 valence electrons. The molecule has 1 atom stereocenters. The summed E-state index contributed by atoms with van der Waals surface area (Å²) in [6.45, 7) is 1.74. The zero-order valence-corrected chi connectivity index (χ0v) is 14.0. The maximum absolute atomic E-state index is 12.8. The molecule has 25 heavy (non-hydrogen) atoms. The summed E-state index contributed by atoms with van der Waals surface area (Å²) in [4.78, 5) is 36.5. The van der Waals surface area contributed by atoms with Crippen LogP contribution in [0.2, 0.25) is 0 Å². The number of esters is 1. The monoisotopic (exact) mass is 338 g/mol. The van der Waals surface area contributed by atoms with Crippen LogP contribution in [0.3, 0.4) is 0 Å². The van der Waals surface area contributed by atoms with Crippen LogP contribution < -0.4 is 10.6 Å². The fourth-order valence-corrected chi connectivity index (χ4v) is 2.97. The highest BCUT2D eigenvalue weighted by Gasteiger charge is 2.30. The summed E-state index contributed by atoms with van der Waals surface area (Å²) in [5.74, 6) is -1.52. The van der Waals surface area contributed by atoms with E-state index in [1.54, 1.807) is 31.2 Å². The number of carbonyl (C=O) groups is 3. The van der Waals surface area contributed by atoms with Crippen LogP contribution in [0.1, 0.15) is 33.8 Å². The molecule has 0 aliphatic carbocycles. The molecule has 6 heteroatoms. The molecule has 2 amide bonds. The lowest BCUT2D eigenvalue weighted by Crippen LogP contribution is -2.31. The summed E-state index contributed by atoms with van der Waals surface area (Å²) in [6, 6.07) is 12.3. The van der Waals surface area contributed by atoms with E-state index in [0.717, 1.165) is 5.56 Å². The number of nitrogens with one attached hydrogen (secondary N) is 2. The highest BCUT2D eigenvalue weighted by atomic mass is 16.5. The molecular formula is C19H18N2O4. The molecule has 0 saturated carbocycles. The lowest BCUT2D eigenvalue weighted by Gasteiger charge is -2.25. The van der Waals surface area contributed by atoms with Gasteiger partial charge < -0.3 is 15.4 Å². The van der Waals surface area contributed by atoms with Crippen molar-refractivity contribution in [1.82, 2.24) is 0 Å². The normalized spacial score (nSPS) is 15.8. The van der Waals surface area contributed by atoms with E-state index in [2.05, 4.69) is 10.6 Å². The minimum atomic E-state index is -0.578. The molecule has 0 radical (unpaired) electrons. The molecule has 0 aromatic heterocycles. The van der Waals surface area contributed by atoms with E-state index in [9.17, 15) is 14.4 Å². The SMILES string of the molecule is COC(=O)c1cccc(NC(=O)C2CC(=O)Nc3ccccc32)c1C. The van der Waals surface area contributed by atoms with Crippen molar-refractivity contribution in [1.29, 1.82) is 0 Å². The first-order chi connectivity index (χ1) is 12.0. The number of carbonyl (C=O) groups excluding carboxylic acids is 3. The summed E-state index contributed by atoms with van der Waals surface area (Å²) in [7, 11) is 1.31. The third-order valence-corrected chi connectivity index (χ3v) is 4.31. The summed E-state index contributed by atoms with van der Waals surface area (Å²) < 4.78 is 4.75. The van der Waals surface area contributed by atoms with Gasteiger partial charge in [0, 0.05) is 17.8 Å². The van der Waals surface area contributed by atoms with Gasteiger partial charge in [-0.3, -0.25) is 9.59 Å². The van der Waals surface area contributed by atoms with Crippen molar-refractivity contribution in [2.24, 2.45) is 0 Å². The fraction of sp³-hybridized carbons (Fsp3) is 0.211. The predicted molar refractivity (Wildman–Crippen MR) is 93.6 cm³/mol. The molecular weight excluding hydrogens is 320 g/mol. The Hall–Kier alpha value is -3.15. The van der Waals surface area contributed by atoms with Crippen LogP contribution in [0, 0.1) is 6.92 Å². The zero-order chi connectivity index (χ0) is 18.0. The third-order valence-electron chi connectivity index (χ3n) is 4.31. The van der Waals surface area contributed by atoms with Gasteiger partial charge in [-0.1, -0.05) is 24.3 Å². The first-order valence-corrected chi connectivity index (χ1v) is 7.89. The van der Waals surface area contributed by atoms with E-state index >= 15 is 0 Å². The summed E-state index contributed by atoms with van der Waals surface area (Å²) in [5, 5.41) is 5.61. The van der Waals surface area contributed by atoms with Crippen molar-refractivity contribution in [3.63, 3.8) is 0 Å². The fourth-order valence-electron chi connectivity index (χ4n) is 2.97. The van der Waals surface area contributed by atoms with Crippen LogP contribution in [-0.4, -0.2) is 24.9 Å². The van der Waals surface area contributed by atoms with E-state index in [1.807, 2.05) is 18.2 Å². The van der Waals surface area contributed by atoms with Gasteiger partial charge in [0.05, 0.1) is 18.6 Å². The summed E-state index contributed by atoms with van der Waals surface area (Å²) in [5.41, 5.74) is 2.97. The van der Waals surface area contributed by atoms with Gasteiger partial charge in [-0.15, -0.1) is 0 Å². The number of amides is 2. The van der Waals surface area contributed by atoms with E-state index in [-0.39, 0.29) is 18.2 Å². The van der Waals surface area contributed by atoms with Crippen LogP contribution in [0.15, 0.2) is 42.5 Å². The molecule has 6 nitrogen and oxygen atoms in total. The Bertz CT molecular complexity index is 860. The quantitative estimate of drug-likeness (QED) is 0.843. The van der Waals surface area contributed by atoms with Crippen LogP contribution in [0.4, 0.5) is 11.4 Å². The maximum atomic E-state index is 12.8. The summed E-state index contributed by atoms with van der Waals surface area (Å²) >= 11 is 0. The van der Waals surface area contributed by atoms with Gasteiger partial charge >= 0.3 is 5.97 Å². The lowest BCUT2D eigenvalue weighted by molar-refractivity contribution is -0.123. The van der Waals surface area contributed by atoms with Crippen molar-refractivity contribution < 1.29 is 19.1 Å². The van der Waals surface area contributed by atoms with E-state index in [4.69, 9.17) is 4.74 Å². The second-order valence-corrected chi connectivity index (χ2v) is 5.85. The van der Waals surface area contributed by atoms with Gasteiger partial charge in [-0.05, 0) is 36.2 Å².